The summed E-state index contributed by atoms with van der Waals surface area (Å²) < 4.78 is 1.95. The van der Waals surface area contributed by atoms with Crippen LogP contribution in [0.3, 0.4) is 0 Å². The van der Waals surface area contributed by atoms with E-state index in [0.29, 0.717) is 11.4 Å². The molecule has 108 valence electrons. The molecule has 19 heavy (non-hydrogen) atoms. The van der Waals surface area contributed by atoms with Crippen molar-refractivity contribution in [3.8, 4) is 0 Å². The zero-order valence-electron chi connectivity index (χ0n) is 12.7. The first-order valence-corrected chi connectivity index (χ1v) is 7.42. The predicted molar refractivity (Wildman–Crippen MR) is 81.0 cm³/mol. The summed E-state index contributed by atoms with van der Waals surface area (Å²) in [5.74, 6) is 1.68. The van der Waals surface area contributed by atoms with Crippen LogP contribution in [0.2, 0.25) is 0 Å². The Morgan fingerprint density at radius 3 is 2.37 bits per heavy atom. The van der Waals surface area contributed by atoms with E-state index < -0.39 is 0 Å². The van der Waals surface area contributed by atoms with Crippen LogP contribution in [-0.4, -0.2) is 47.9 Å². The van der Waals surface area contributed by atoms with Gasteiger partial charge >= 0.3 is 0 Å². The Balaban J connectivity index is 2.22. The summed E-state index contributed by atoms with van der Waals surface area (Å²) in [6.07, 6.45) is 3.88. The molecule has 0 aliphatic heterocycles. The van der Waals surface area contributed by atoms with E-state index in [1.807, 2.05) is 18.7 Å². The second-order valence-corrected chi connectivity index (χ2v) is 6.24. The number of alkyl halides is 1. The lowest BCUT2D eigenvalue weighted by Gasteiger charge is -2.49. The van der Waals surface area contributed by atoms with Gasteiger partial charge < -0.3 is 9.80 Å². The molecular weight excluding hydrogens is 260 g/mol. The fraction of sp³-hybridized carbons (Fsp3) is 0.786. The number of rotatable bonds is 5. The molecule has 5 heteroatoms. The Kier molecular flexibility index (Phi) is 4.11. The highest BCUT2D eigenvalue weighted by atomic mass is 35.5. The van der Waals surface area contributed by atoms with Crippen LogP contribution in [0.25, 0.3) is 0 Å². The second-order valence-electron chi connectivity index (χ2n) is 5.97. The van der Waals surface area contributed by atoms with Gasteiger partial charge in [0.25, 0.3) is 0 Å². The molecule has 1 aromatic rings. The summed E-state index contributed by atoms with van der Waals surface area (Å²) >= 11 is 6.09. The molecule has 1 heterocycles. The molecule has 2 rings (SSSR count). The van der Waals surface area contributed by atoms with Crippen molar-refractivity contribution in [2.45, 2.75) is 37.6 Å². The highest BCUT2D eigenvalue weighted by molar-refractivity contribution is 6.17. The van der Waals surface area contributed by atoms with Gasteiger partial charge in [-0.25, -0.2) is 0 Å². The maximum absolute atomic E-state index is 6.09. The van der Waals surface area contributed by atoms with Gasteiger partial charge in [0.2, 0.25) is 0 Å². The van der Waals surface area contributed by atoms with E-state index in [9.17, 15) is 0 Å². The van der Waals surface area contributed by atoms with Gasteiger partial charge in [-0.15, -0.1) is 11.6 Å². The van der Waals surface area contributed by atoms with Crippen molar-refractivity contribution in [2.24, 2.45) is 7.05 Å². The average Bonchev–Trinajstić information content (AvgIpc) is 2.57. The zero-order valence-corrected chi connectivity index (χ0v) is 13.5. The van der Waals surface area contributed by atoms with Crippen molar-refractivity contribution in [3.63, 3.8) is 0 Å². The number of hydrogen-bond acceptors (Lipinski definition) is 3. The number of halogens is 1. The van der Waals surface area contributed by atoms with E-state index in [0.717, 1.165) is 23.6 Å². The monoisotopic (exact) mass is 284 g/mol. The summed E-state index contributed by atoms with van der Waals surface area (Å²) in [4.78, 5) is 4.69. The highest BCUT2D eigenvalue weighted by Crippen LogP contribution is 2.38. The number of hydrogen-bond donors (Lipinski definition) is 0. The van der Waals surface area contributed by atoms with Gasteiger partial charge in [-0.2, -0.15) is 5.10 Å². The molecule has 0 spiro atoms. The van der Waals surface area contributed by atoms with Crippen LogP contribution < -0.4 is 4.90 Å². The molecule has 1 saturated carbocycles. The Labute approximate surface area is 121 Å². The van der Waals surface area contributed by atoms with Crippen LogP contribution in [0.1, 0.15) is 30.5 Å². The van der Waals surface area contributed by atoms with Crippen LogP contribution in [0.5, 0.6) is 0 Å². The van der Waals surface area contributed by atoms with Gasteiger partial charge in [0.15, 0.2) is 0 Å². The lowest BCUT2D eigenvalue weighted by atomic mass is 9.75. The lowest BCUT2D eigenvalue weighted by Crippen LogP contribution is -2.57. The van der Waals surface area contributed by atoms with Crippen molar-refractivity contribution in [1.29, 1.82) is 0 Å². The van der Waals surface area contributed by atoms with Crippen molar-refractivity contribution in [1.82, 2.24) is 14.7 Å². The Hall–Kier alpha value is -0.740. The van der Waals surface area contributed by atoms with Crippen molar-refractivity contribution in [3.05, 3.63) is 11.3 Å². The minimum atomic E-state index is 0.316. The van der Waals surface area contributed by atoms with Crippen LogP contribution in [0.15, 0.2) is 0 Å². The zero-order chi connectivity index (χ0) is 14.2. The SMILES string of the molecule is Cc1nn(C)c(N(C)CC2(N(C)C)CCC2)c1CCl. The molecule has 1 aliphatic carbocycles. The summed E-state index contributed by atoms with van der Waals surface area (Å²) in [6, 6.07) is 0. The van der Waals surface area contributed by atoms with E-state index in [-0.39, 0.29) is 0 Å². The quantitative estimate of drug-likeness (QED) is 0.776. The van der Waals surface area contributed by atoms with E-state index in [4.69, 9.17) is 11.6 Å². The first kappa shape index (κ1) is 14.7. The Morgan fingerprint density at radius 2 is 1.95 bits per heavy atom. The highest BCUT2D eigenvalue weighted by Gasteiger charge is 2.40. The van der Waals surface area contributed by atoms with Gasteiger partial charge in [0, 0.05) is 31.7 Å². The number of anilines is 1. The maximum Gasteiger partial charge on any atom is 0.131 e. The molecule has 0 N–H and O–H groups in total. The molecule has 0 unspecified atom stereocenters. The maximum atomic E-state index is 6.09. The van der Waals surface area contributed by atoms with E-state index in [1.54, 1.807) is 0 Å². The Bertz CT molecular complexity index is 449. The molecule has 0 radical (unpaired) electrons. The van der Waals surface area contributed by atoms with E-state index in [2.05, 4.69) is 36.0 Å². The normalized spacial score (nSPS) is 17.6. The van der Waals surface area contributed by atoms with Gasteiger partial charge in [-0.05, 0) is 40.3 Å². The number of aryl methyl sites for hydroxylation is 2. The third-order valence-corrected chi connectivity index (χ3v) is 4.84. The van der Waals surface area contributed by atoms with Crippen LogP contribution in [0, 0.1) is 6.92 Å². The second kappa shape index (κ2) is 5.33. The summed E-state index contributed by atoms with van der Waals surface area (Å²) in [6.45, 7) is 3.06. The smallest absolute Gasteiger partial charge is 0.131 e. The minimum Gasteiger partial charge on any atom is -0.358 e. The summed E-state index contributed by atoms with van der Waals surface area (Å²) in [7, 11) is 8.52. The predicted octanol–water partition coefficient (Wildman–Crippen LogP) is 2.39. The summed E-state index contributed by atoms with van der Waals surface area (Å²) in [5, 5.41) is 4.50. The molecule has 0 bridgehead atoms. The fourth-order valence-corrected chi connectivity index (χ4v) is 3.48. The molecule has 0 saturated heterocycles. The Morgan fingerprint density at radius 1 is 1.32 bits per heavy atom. The lowest BCUT2D eigenvalue weighted by molar-refractivity contribution is 0.0680. The molecule has 0 aromatic carbocycles. The van der Waals surface area contributed by atoms with E-state index >= 15 is 0 Å². The molecular formula is C14H25ClN4. The van der Waals surface area contributed by atoms with Crippen LogP contribution in [-0.2, 0) is 12.9 Å². The standard InChI is InChI=1S/C14H25ClN4/c1-11-12(9-15)13(19(5)16-11)18(4)10-14(17(2)3)7-6-8-14/h6-10H2,1-5H3. The molecule has 0 amide bonds. The third-order valence-electron chi connectivity index (χ3n) is 4.57. The largest absolute Gasteiger partial charge is 0.358 e. The molecule has 1 fully saturated rings. The van der Waals surface area contributed by atoms with Crippen molar-refractivity contribution in [2.75, 3.05) is 32.6 Å². The number of aromatic nitrogens is 2. The van der Waals surface area contributed by atoms with Gasteiger partial charge in [-0.1, -0.05) is 0 Å². The molecule has 1 aromatic heterocycles. The average molecular weight is 285 g/mol. The van der Waals surface area contributed by atoms with Crippen LogP contribution >= 0.6 is 11.6 Å². The molecule has 1 aliphatic rings. The fourth-order valence-electron chi connectivity index (χ4n) is 3.17. The minimum absolute atomic E-state index is 0.316. The van der Waals surface area contributed by atoms with E-state index in [1.165, 1.54) is 19.3 Å². The first-order chi connectivity index (χ1) is 8.91. The topological polar surface area (TPSA) is 24.3 Å². The summed E-state index contributed by atoms with van der Waals surface area (Å²) in [5.41, 5.74) is 2.50. The van der Waals surface area contributed by atoms with Crippen LogP contribution in [0.4, 0.5) is 5.82 Å². The first-order valence-electron chi connectivity index (χ1n) is 6.88. The van der Waals surface area contributed by atoms with Gasteiger partial charge in [0.1, 0.15) is 5.82 Å². The number of likely N-dealkylation sites (N-methyl/N-ethyl adjacent to an activating group) is 2. The molecule has 4 nitrogen and oxygen atoms in total. The van der Waals surface area contributed by atoms with Crippen molar-refractivity contribution >= 4 is 17.4 Å². The molecule has 0 atom stereocenters. The van der Waals surface area contributed by atoms with Crippen molar-refractivity contribution < 1.29 is 0 Å². The number of nitrogens with zero attached hydrogens (tertiary/aromatic N) is 4. The van der Waals surface area contributed by atoms with Gasteiger partial charge in [0.05, 0.1) is 11.6 Å². The van der Waals surface area contributed by atoms with Gasteiger partial charge in [-0.3, -0.25) is 4.68 Å². The third kappa shape index (κ3) is 2.48.